The van der Waals surface area contributed by atoms with Crippen LogP contribution in [0, 0.1) is 0 Å². The normalized spacial score (nSPS) is 10.5. The molecule has 0 amide bonds. The lowest BCUT2D eigenvalue weighted by Crippen LogP contribution is -2.20. The monoisotopic (exact) mass is 232 g/mol. The summed E-state index contributed by atoms with van der Waals surface area (Å²) in [5.74, 6) is 0. The van der Waals surface area contributed by atoms with Gasteiger partial charge in [-0.3, -0.25) is 0 Å². The second-order valence-corrected chi connectivity index (χ2v) is 3.36. The summed E-state index contributed by atoms with van der Waals surface area (Å²) in [5.41, 5.74) is 0. The molecule has 0 N–H and O–H groups in total. The standard InChI is InChI=1S/C8H13ClN4O2/c1-13(2)4-5-15-8-11-6(9)10-7(12-8)14-3/h4-5H2,1-3H3. The van der Waals surface area contributed by atoms with Crippen molar-refractivity contribution < 1.29 is 9.47 Å². The predicted molar refractivity (Wildman–Crippen MR) is 55.4 cm³/mol. The van der Waals surface area contributed by atoms with Crippen LogP contribution >= 0.6 is 11.6 Å². The third-order valence-corrected chi connectivity index (χ3v) is 1.69. The maximum Gasteiger partial charge on any atom is 0.323 e. The Hall–Kier alpha value is -1.14. The highest BCUT2D eigenvalue weighted by Crippen LogP contribution is 2.12. The number of hydrogen-bond acceptors (Lipinski definition) is 6. The van der Waals surface area contributed by atoms with Crippen LogP contribution in [0.25, 0.3) is 0 Å². The van der Waals surface area contributed by atoms with Crippen molar-refractivity contribution in [1.82, 2.24) is 19.9 Å². The molecule has 1 aromatic rings. The molecule has 7 heteroatoms. The van der Waals surface area contributed by atoms with E-state index < -0.39 is 0 Å². The van der Waals surface area contributed by atoms with Crippen LogP contribution in [0.1, 0.15) is 0 Å². The zero-order valence-electron chi connectivity index (χ0n) is 8.90. The van der Waals surface area contributed by atoms with Crippen LogP contribution in [0.3, 0.4) is 0 Å². The molecule has 84 valence electrons. The average molecular weight is 233 g/mol. The van der Waals surface area contributed by atoms with E-state index in [0.717, 1.165) is 6.54 Å². The van der Waals surface area contributed by atoms with E-state index in [9.17, 15) is 0 Å². The van der Waals surface area contributed by atoms with E-state index in [1.807, 2.05) is 19.0 Å². The van der Waals surface area contributed by atoms with Gasteiger partial charge in [0.2, 0.25) is 5.28 Å². The molecule has 0 spiro atoms. The van der Waals surface area contributed by atoms with Crippen molar-refractivity contribution in [2.45, 2.75) is 0 Å². The summed E-state index contributed by atoms with van der Waals surface area (Å²) in [6, 6.07) is 0.323. The lowest BCUT2D eigenvalue weighted by Gasteiger charge is -2.09. The van der Waals surface area contributed by atoms with Crippen LogP contribution < -0.4 is 9.47 Å². The van der Waals surface area contributed by atoms with Crippen LogP contribution in [0.2, 0.25) is 5.28 Å². The van der Waals surface area contributed by atoms with Gasteiger partial charge in [0, 0.05) is 6.54 Å². The Morgan fingerprint density at radius 1 is 1.20 bits per heavy atom. The summed E-state index contributed by atoms with van der Waals surface area (Å²) in [4.78, 5) is 13.4. The fourth-order valence-electron chi connectivity index (χ4n) is 0.790. The van der Waals surface area contributed by atoms with Crippen LogP contribution in [-0.2, 0) is 0 Å². The van der Waals surface area contributed by atoms with Crippen molar-refractivity contribution in [3.05, 3.63) is 5.28 Å². The lowest BCUT2D eigenvalue weighted by atomic mass is 10.6. The Bertz CT molecular complexity index is 322. The molecular formula is C8H13ClN4O2. The first-order valence-corrected chi connectivity index (χ1v) is 4.72. The minimum absolute atomic E-state index is 0.0571. The third-order valence-electron chi connectivity index (χ3n) is 1.52. The van der Waals surface area contributed by atoms with E-state index >= 15 is 0 Å². The Morgan fingerprint density at radius 2 is 1.87 bits per heavy atom. The van der Waals surface area contributed by atoms with Gasteiger partial charge in [0.25, 0.3) is 0 Å². The van der Waals surface area contributed by atoms with Crippen LogP contribution in [-0.4, -0.2) is 54.2 Å². The first-order valence-electron chi connectivity index (χ1n) is 4.35. The first kappa shape index (κ1) is 11.9. The molecule has 0 aliphatic rings. The minimum atomic E-state index is 0.0571. The molecule has 0 radical (unpaired) electrons. The highest BCUT2D eigenvalue weighted by molar-refractivity contribution is 6.28. The van der Waals surface area contributed by atoms with Crippen LogP contribution in [0.4, 0.5) is 0 Å². The molecular weight excluding hydrogens is 220 g/mol. The summed E-state index contributed by atoms with van der Waals surface area (Å²) in [6.45, 7) is 1.25. The topological polar surface area (TPSA) is 60.4 Å². The summed E-state index contributed by atoms with van der Waals surface area (Å²) in [5, 5.41) is 0.0571. The Morgan fingerprint density at radius 3 is 2.47 bits per heavy atom. The Kier molecular flexibility index (Phi) is 4.51. The van der Waals surface area contributed by atoms with Crippen LogP contribution in [0.5, 0.6) is 12.0 Å². The average Bonchev–Trinajstić information content (AvgIpc) is 2.16. The molecule has 15 heavy (non-hydrogen) atoms. The lowest BCUT2D eigenvalue weighted by molar-refractivity contribution is 0.240. The summed E-state index contributed by atoms with van der Waals surface area (Å²) in [6.07, 6.45) is 0. The molecule has 0 saturated heterocycles. The molecule has 0 bridgehead atoms. The number of nitrogens with zero attached hydrogens (tertiary/aromatic N) is 4. The number of halogens is 1. The molecule has 0 aliphatic carbocycles. The van der Waals surface area contributed by atoms with Gasteiger partial charge in [-0.1, -0.05) is 0 Å². The molecule has 0 aliphatic heterocycles. The molecule has 1 aromatic heterocycles. The molecule has 1 heterocycles. The van der Waals surface area contributed by atoms with Gasteiger partial charge in [-0.25, -0.2) is 0 Å². The maximum absolute atomic E-state index is 5.64. The fraction of sp³-hybridized carbons (Fsp3) is 0.625. The minimum Gasteiger partial charge on any atom is -0.467 e. The predicted octanol–water partition coefficient (Wildman–Crippen LogP) is 0.474. The van der Waals surface area contributed by atoms with Gasteiger partial charge >= 0.3 is 12.0 Å². The summed E-state index contributed by atoms with van der Waals surface area (Å²) >= 11 is 5.64. The van der Waals surface area contributed by atoms with E-state index in [1.165, 1.54) is 7.11 Å². The molecule has 0 fully saturated rings. The Balaban J connectivity index is 2.56. The number of methoxy groups -OCH3 is 1. The zero-order valence-corrected chi connectivity index (χ0v) is 9.65. The number of hydrogen-bond donors (Lipinski definition) is 0. The summed E-state index contributed by atoms with van der Waals surface area (Å²) < 4.78 is 10.1. The van der Waals surface area contributed by atoms with E-state index in [4.69, 9.17) is 21.1 Å². The zero-order chi connectivity index (χ0) is 11.3. The molecule has 1 rings (SSSR count). The van der Waals surface area contributed by atoms with E-state index in [-0.39, 0.29) is 17.3 Å². The van der Waals surface area contributed by atoms with E-state index in [0.29, 0.717) is 6.61 Å². The molecule has 6 nitrogen and oxygen atoms in total. The number of aromatic nitrogens is 3. The first-order chi connectivity index (χ1) is 7.11. The molecule has 0 saturated carbocycles. The van der Waals surface area contributed by atoms with Crippen molar-refractivity contribution in [3.8, 4) is 12.0 Å². The highest BCUT2D eigenvalue weighted by atomic mass is 35.5. The van der Waals surface area contributed by atoms with E-state index in [2.05, 4.69) is 15.0 Å². The van der Waals surface area contributed by atoms with Gasteiger partial charge in [0.15, 0.2) is 0 Å². The smallest absolute Gasteiger partial charge is 0.323 e. The van der Waals surface area contributed by atoms with Gasteiger partial charge in [-0.05, 0) is 25.7 Å². The molecule has 0 atom stereocenters. The summed E-state index contributed by atoms with van der Waals surface area (Å²) in [7, 11) is 5.35. The number of ether oxygens (including phenoxy) is 2. The molecule has 0 unspecified atom stereocenters. The highest BCUT2D eigenvalue weighted by Gasteiger charge is 2.05. The van der Waals surface area contributed by atoms with Crippen molar-refractivity contribution in [2.75, 3.05) is 34.4 Å². The van der Waals surface area contributed by atoms with Gasteiger partial charge in [-0.2, -0.15) is 9.97 Å². The van der Waals surface area contributed by atoms with Gasteiger partial charge in [0.05, 0.1) is 7.11 Å². The second kappa shape index (κ2) is 5.67. The number of rotatable bonds is 5. The fourth-order valence-corrected chi connectivity index (χ4v) is 0.935. The van der Waals surface area contributed by atoms with Crippen molar-refractivity contribution in [2.24, 2.45) is 0 Å². The van der Waals surface area contributed by atoms with E-state index in [1.54, 1.807) is 0 Å². The third kappa shape index (κ3) is 4.26. The largest absolute Gasteiger partial charge is 0.467 e. The maximum atomic E-state index is 5.64. The molecule has 0 aromatic carbocycles. The SMILES string of the molecule is COc1nc(Cl)nc(OCCN(C)C)n1. The van der Waals surface area contributed by atoms with Crippen molar-refractivity contribution >= 4 is 11.6 Å². The van der Waals surface area contributed by atoms with Gasteiger partial charge in [0.1, 0.15) is 6.61 Å². The van der Waals surface area contributed by atoms with Gasteiger partial charge < -0.3 is 14.4 Å². The van der Waals surface area contributed by atoms with Crippen molar-refractivity contribution in [3.63, 3.8) is 0 Å². The van der Waals surface area contributed by atoms with Crippen molar-refractivity contribution in [1.29, 1.82) is 0 Å². The quantitative estimate of drug-likeness (QED) is 0.736. The Labute approximate surface area is 93.2 Å². The number of likely N-dealkylation sites (N-methyl/N-ethyl adjacent to an activating group) is 1. The second-order valence-electron chi connectivity index (χ2n) is 3.03. The van der Waals surface area contributed by atoms with Crippen LogP contribution in [0.15, 0.2) is 0 Å². The van der Waals surface area contributed by atoms with Gasteiger partial charge in [-0.15, -0.1) is 4.98 Å².